The summed E-state index contributed by atoms with van der Waals surface area (Å²) in [6.45, 7) is -0.461. The molecule has 9 nitrogen and oxygen atoms in total. The predicted molar refractivity (Wildman–Crippen MR) is 149 cm³/mol. The van der Waals surface area contributed by atoms with Gasteiger partial charge < -0.3 is 10.6 Å². The van der Waals surface area contributed by atoms with Crippen molar-refractivity contribution in [2.75, 3.05) is 0 Å². The number of aromatic nitrogens is 5. The van der Waals surface area contributed by atoms with E-state index in [1.54, 1.807) is 18.5 Å². The Kier molecular flexibility index (Phi) is 8.51. The summed E-state index contributed by atoms with van der Waals surface area (Å²) in [5, 5.41) is 14.1. The molecule has 3 aromatic heterocycles. The lowest BCUT2D eigenvalue weighted by Gasteiger charge is -2.34. The van der Waals surface area contributed by atoms with Crippen molar-refractivity contribution in [3.05, 3.63) is 47.7 Å². The molecule has 3 aliphatic carbocycles. The van der Waals surface area contributed by atoms with Crippen molar-refractivity contribution in [3.8, 4) is 0 Å². The number of halogens is 7. The number of aryl methyl sites for hydroxylation is 1. The fourth-order valence-corrected chi connectivity index (χ4v) is 6.45. The molecular formula is C30H34F7N7O2. The van der Waals surface area contributed by atoms with Crippen molar-refractivity contribution < 1.29 is 40.3 Å². The van der Waals surface area contributed by atoms with Crippen molar-refractivity contribution in [2.45, 2.75) is 101 Å². The average molecular weight is 658 g/mol. The molecule has 1 unspecified atom stereocenters. The summed E-state index contributed by atoms with van der Waals surface area (Å²) in [6.07, 6.45) is 0.699. The van der Waals surface area contributed by atoms with Crippen LogP contribution in [0.1, 0.15) is 97.9 Å². The van der Waals surface area contributed by atoms with Crippen LogP contribution >= 0.6 is 0 Å². The van der Waals surface area contributed by atoms with E-state index >= 15 is 0 Å². The Morgan fingerprint density at radius 1 is 0.913 bits per heavy atom. The van der Waals surface area contributed by atoms with E-state index in [2.05, 4.69) is 25.8 Å². The molecule has 46 heavy (non-hydrogen) atoms. The Hall–Kier alpha value is -3.72. The van der Waals surface area contributed by atoms with Crippen LogP contribution in [0.25, 0.3) is 5.65 Å². The molecular weight excluding hydrogens is 623 g/mol. The quantitative estimate of drug-likeness (QED) is 0.240. The smallest absolute Gasteiger partial charge is 0.349 e. The van der Waals surface area contributed by atoms with Crippen LogP contribution < -0.4 is 10.6 Å². The second-order valence-electron chi connectivity index (χ2n) is 13.0. The number of rotatable bonds is 11. The fraction of sp³-hybridized carbons (Fsp3) is 0.633. The molecule has 2 N–H and O–H groups in total. The third-order valence-electron chi connectivity index (χ3n) is 9.14. The van der Waals surface area contributed by atoms with E-state index in [0.29, 0.717) is 16.9 Å². The summed E-state index contributed by atoms with van der Waals surface area (Å²) in [4.78, 5) is 30.6. The Bertz CT molecular complexity index is 1560. The molecule has 250 valence electrons. The number of fused-ring (bicyclic) bond motifs is 1. The molecule has 3 aliphatic rings. The van der Waals surface area contributed by atoms with Crippen LogP contribution in [-0.4, -0.2) is 54.2 Å². The summed E-state index contributed by atoms with van der Waals surface area (Å²) in [7, 11) is 0. The zero-order valence-electron chi connectivity index (χ0n) is 24.7. The maximum absolute atomic E-state index is 14.0. The molecule has 0 radical (unpaired) electrons. The van der Waals surface area contributed by atoms with Crippen LogP contribution in [0.3, 0.4) is 0 Å². The number of amides is 2. The Morgan fingerprint density at radius 3 is 2.26 bits per heavy atom. The normalized spacial score (nSPS) is 21.5. The summed E-state index contributed by atoms with van der Waals surface area (Å²) >= 11 is 0. The maximum atomic E-state index is 14.0. The molecule has 0 saturated heterocycles. The number of hydrogen-bond acceptors (Lipinski definition) is 5. The van der Waals surface area contributed by atoms with Crippen LogP contribution in [0, 0.1) is 17.8 Å². The highest BCUT2D eigenvalue weighted by molar-refractivity contribution is 5.94. The highest BCUT2D eigenvalue weighted by Crippen LogP contribution is 2.45. The molecule has 3 saturated carbocycles. The van der Waals surface area contributed by atoms with E-state index in [1.165, 1.54) is 10.7 Å². The van der Waals surface area contributed by atoms with Crippen LogP contribution in [0.15, 0.2) is 30.9 Å². The Balaban J connectivity index is 1.20. The zero-order valence-corrected chi connectivity index (χ0v) is 24.7. The minimum absolute atomic E-state index is 0.0189. The molecule has 0 aromatic carbocycles. The van der Waals surface area contributed by atoms with Gasteiger partial charge in [-0.25, -0.2) is 27.1 Å². The number of carbonyl (C=O) groups excluding carboxylic acids is 2. The van der Waals surface area contributed by atoms with E-state index in [1.807, 2.05) is 0 Å². The van der Waals surface area contributed by atoms with Gasteiger partial charge in [-0.1, -0.05) is 0 Å². The first-order valence-electron chi connectivity index (χ1n) is 15.4. The van der Waals surface area contributed by atoms with E-state index < -0.39 is 48.9 Å². The molecule has 3 fully saturated rings. The van der Waals surface area contributed by atoms with Gasteiger partial charge in [0.2, 0.25) is 17.8 Å². The van der Waals surface area contributed by atoms with Crippen molar-refractivity contribution in [3.63, 3.8) is 0 Å². The first-order chi connectivity index (χ1) is 21.6. The van der Waals surface area contributed by atoms with E-state index in [0.717, 1.165) is 23.7 Å². The topological polar surface area (TPSA) is 106 Å². The van der Waals surface area contributed by atoms with Gasteiger partial charge in [0.15, 0.2) is 5.65 Å². The first kappa shape index (κ1) is 32.2. The van der Waals surface area contributed by atoms with Crippen LogP contribution in [0.5, 0.6) is 0 Å². The zero-order chi connectivity index (χ0) is 32.9. The van der Waals surface area contributed by atoms with Gasteiger partial charge in [-0.2, -0.15) is 23.4 Å². The van der Waals surface area contributed by atoms with Gasteiger partial charge in [-0.15, -0.1) is 0 Å². The number of imidazole rings is 1. The lowest BCUT2D eigenvalue weighted by Crippen LogP contribution is -2.39. The SMILES string of the molecule is O=C(CC1CC(F)(F)C1)NC(c1cnn2cc([C@@H](NC(=O)c3cnn(CCC(F)(F)F)c3)C3CCC(F)(F)CC3)nc2c1)C1CC1. The summed E-state index contributed by atoms with van der Waals surface area (Å²) in [6, 6.07) is 0.568. The second-order valence-corrected chi connectivity index (χ2v) is 13.0. The number of carbonyl (C=O) groups is 2. The first-order valence-corrected chi connectivity index (χ1v) is 15.4. The Labute approximate surface area is 259 Å². The molecule has 3 aromatic rings. The summed E-state index contributed by atoms with van der Waals surface area (Å²) in [5.41, 5.74) is 1.47. The standard InChI is InChI=1S/C30H34F7N7O2/c31-28(32)5-3-19(4-6-28)26(42-27(46)21-14-38-43(15-21)8-7-30(35,36)37)22-16-44-23(40-22)10-20(13-39-44)25(18-1-2-18)41-24(45)9-17-11-29(33,34)12-17/h10,13-19,25-26H,1-9,11-12H2,(H,41,45)(H,42,46)/t25?,26-/m0/s1. The highest BCUT2D eigenvalue weighted by Gasteiger charge is 2.46. The molecule has 3 heterocycles. The van der Waals surface area contributed by atoms with Gasteiger partial charge in [-0.05, 0) is 55.1 Å². The minimum Gasteiger partial charge on any atom is -0.349 e. The highest BCUT2D eigenvalue weighted by atomic mass is 19.4. The predicted octanol–water partition coefficient (Wildman–Crippen LogP) is 6.18. The number of nitrogens with zero attached hydrogens (tertiary/aromatic N) is 5. The van der Waals surface area contributed by atoms with Gasteiger partial charge in [0.25, 0.3) is 5.91 Å². The largest absolute Gasteiger partial charge is 0.390 e. The monoisotopic (exact) mass is 657 g/mol. The van der Waals surface area contributed by atoms with E-state index in [-0.39, 0.29) is 74.3 Å². The molecule has 6 rings (SSSR count). The van der Waals surface area contributed by atoms with Gasteiger partial charge in [0.05, 0.1) is 48.4 Å². The van der Waals surface area contributed by atoms with Gasteiger partial charge in [0.1, 0.15) is 0 Å². The van der Waals surface area contributed by atoms with Crippen LogP contribution in [0.4, 0.5) is 30.7 Å². The molecule has 0 spiro atoms. The van der Waals surface area contributed by atoms with Gasteiger partial charge >= 0.3 is 6.18 Å². The Morgan fingerprint density at radius 2 is 1.61 bits per heavy atom. The average Bonchev–Trinajstić information content (AvgIpc) is 3.52. The third-order valence-corrected chi connectivity index (χ3v) is 9.14. The summed E-state index contributed by atoms with van der Waals surface area (Å²) < 4.78 is 95.0. The fourth-order valence-electron chi connectivity index (χ4n) is 6.45. The molecule has 2 atom stereocenters. The van der Waals surface area contributed by atoms with Crippen molar-refractivity contribution >= 4 is 17.5 Å². The van der Waals surface area contributed by atoms with Gasteiger partial charge in [-0.3, -0.25) is 14.3 Å². The molecule has 16 heteroatoms. The van der Waals surface area contributed by atoms with E-state index in [4.69, 9.17) is 0 Å². The lowest BCUT2D eigenvalue weighted by atomic mass is 9.79. The van der Waals surface area contributed by atoms with Crippen molar-refractivity contribution in [2.24, 2.45) is 17.8 Å². The maximum Gasteiger partial charge on any atom is 0.390 e. The third kappa shape index (κ3) is 7.80. The van der Waals surface area contributed by atoms with Gasteiger partial charge in [0, 0.05) is 44.8 Å². The van der Waals surface area contributed by atoms with Crippen molar-refractivity contribution in [1.29, 1.82) is 0 Å². The van der Waals surface area contributed by atoms with Crippen molar-refractivity contribution in [1.82, 2.24) is 35.0 Å². The van der Waals surface area contributed by atoms with Crippen LogP contribution in [0.2, 0.25) is 0 Å². The lowest BCUT2D eigenvalue weighted by molar-refractivity contribution is -0.137. The summed E-state index contributed by atoms with van der Waals surface area (Å²) in [5.74, 6) is -7.05. The van der Waals surface area contributed by atoms with E-state index in [9.17, 15) is 40.3 Å². The molecule has 2 amide bonds. The van der Waals surface area contributed by atoms with Crippen LogP contribution in [-0.2, 0) is 11.3 Å². The second kappa shape index (κ2) is 12.1. The number of nitrogens with one attached hydrogen (secondary N) is 2. The number of alkyl halides is 7. The molecule has 0 bridgehead atoms. The molecule has 0 aliphatic heterocycles. The number of hydrogen-bond donors (Lipinski definition) is 2. The minimum atomic E-state index is -4.39.